The molecule has 2 heterocycles. The van der Waals surface area contributed by atoms with E-state index in [1.807, 2.05) is 0 Å². The quantitative estimate of drug-likeness (QED) is 0.683. The van der Waals surface area contributed by atoms with Crippen molar-refractivity contribution in [2.45, 2.75) is 6.92 Å². The average Bonchev–Trinajstić information content (AvgIpc) is 3.00. The molecule has 0 aliphatic carbocycles. The van der Waals surface area contributed by atoms with E-state index in [1.54, 1.807) is 30.0 Å². The number of nitrogens with one attached hydrogen (secondary N) is 1. The summed E-state index contributed by atoms with van der Waals surface area (Å²) in [5.74, 6) is 1.03. The van der Waals surface area contributed by atoms with Crippen LogP contribution in [0.3, 0.4) is 0 Å². The molecule has 0 saturated carbocycles. The van der Waals surface area contributed by atoms with Gasteiger partial charge >= 0.3 is 6.03 Å². The number of carbonyl (C=O) groups excluding carboxylic acids is 1. The molecule has 1 aromatic heterocycles. The van der Waals surface area contributed by atoms with E-state index in [1.165, 1.54) is 12.1 Å². The lowest BCUT2D eigenvalue weighted by molar-refractivity contribution is -0.384. The predicted octanol–water partition coefficient (Wildman–Crippen LogP) is 2.25. The number of aryl methyl sites for hydroxylation is 1. The van der Waals surface area contributed by atoms with Gasteiger partial charge in [-0.15, -0.1) is 0 Å². The molecule has 0 atom stereocenters. The summed E-state index contributed by atoms with van der Waals surface area (Å²) in [6.07, 6.45) is 0. The van der Waals surface area contributed by atoms with Crippen LogP contribution < -0.4 is 10.2 Å². The summed E-state index contributed by atoms with van der Waals surface area (Å²) in [4.78, 5) is 26.2. The summed E-state index contributed by atoms with van der Waals surface area (Å²) in [5, 5.41) is 17.1. The van der Waals surface area contributed by atoms with Crippen molar-refractivity contribution in [2.24, 2.45) is 0 Å². The molecule has 9 heteroatoms. The third kappa shape index (κ3) is 3.45. The number of amides is 2. The summed E-state index contributed by atoms with van der Waals surface area (Å²) < 4.78 is 4.91. The highest BCUT2D eigenvalue weighted by molar-refractivity contribution is 5.88. The number of carbonyl (C=O) groups is 1. The summed E-state index contributed by atoms with van der Waals surface area (Å²) in [7, 11) is 0. The summed E-state index contributed by atoms with van der Waals surface area (Å²) >= 11 is 0. The second kappa shape index (κ2) is 6.57. The average molecular weight is 331 g/mol. The molecule has 1 N–H and O–H groups in total. The summed E-state index contributed by atoms with van der Waals surface area (Å²) in [6.45, 7) is 4.18. The molecule has 126 valence electrons. The number of nitro groups is 1. The largest absolute Gasteiger partial charge is 0.368 e. The van der Waals surface area contributed by atoms with Gasteiger partial charge in [0.05, 0.1) is 4.92 Å². The second-order valence-corrected chi connectivity index (χ2v) is 5.50. The van der Waals surface area contributed by atoms with Gasteiger partial charge in [0.1, 0.15) is 5.76 Å². The van der Waals surface area contributed by atoms with Gasteiger partial charge in [0, 0.05) is 50.1 Å². The van der Waals surface area contributed by atoms with Crippen LogP contribution in [0.4, 0.5) is 22.0 Å². The molecule has 1 fully saturated rings. The lowest BCUT2D eigenvalue weighted by Crippen LogP contribution is -2.50. The van der Waals surface area contributed by atoms with E-state index in [0.29, 0.717) is 37.8 Å². The number of hydrogen-bond donors (Lipinski definition) is 1. The molecule has 0 spiro atoms. The molecule has 1 aromatic carbocycles. The fourth-order valence-corrected chi connectivity index (χ4v) is 2.57. The van der Waals surface area contributed by atoms with Crippen molar-refractivity contribution in [3.05, 3.63) is 46.2 Å². The Hall–Kier alpha value is -3.10. The van der Waals surface area contributed by atoms with Gasteiger partial charge in [0.25, 0.3) is 5.69 Å². The van der Waals surface area contributed by atoms with E-state index >= 15 is 0 Å². The minimum absolute atomic E-state index is 0.0691. The molecule has 0 radical (unpaired) electrons. The number of rotatable bonds is 3. The van der Waals surface area contributed by atoms with Gasteiger partial charge < -0.3 is 14.3 Å². The van der Waals surface area contributed by atoms with Gasteiger partial charge in [-0.2, -0.15) is 0 Å². The molecule has 0 unspecified atom stereocenters. The maximum atomic E-state index is 12.2. The van der Waals surface area contributed by atoms with Gasteiger partial charge in [-0.25, -0.2) is 4.79 Å². The number of anilines is 2. The van der Waals surface area contributed by atoms with Crippen molar-refractivity contribution < 1.29 is 14.2 Å². The van der Waals surface area contributed by atoms with Crippen LogP contribution in [0.2, 0.25) is 0 Å². The van der Waals surface area contributed by atoms with Crippen molar-refractivity contribution in [3.63, 3.8) is 0 Å². The van der Waals surface area contributed by atoms with Crippen LogP contribution in [-0.4, -0.2) is 47.2 Å². The van der Waals surface area contributed by atoms with Gasteiger partial charge in [-0.1, -0.05) is 5.16 Å². The fraction of sp³-hybridized carbons (Fsp3) is 0.333. The first-order valence-electron chi connectivity index (χ1n) is 7.51. The summed E-state index contributed by atoms with van der Waals surface area (Å²) in [5.41, 5.74) is 0.979. The van der Waals surface area contributed by atoms with Crippen LogP contribution in [0.5, 0.6) is 0 Å². The smallest absolute Gasteiger partial charge is 0.323 e. The maximum Gasteiger partial charge on any atom is 0.323 e. The molecule has 2 aromatic rings. The lowest BCUT2D eigenvalue weighted by Gasteiger charge is -2.35. The molecule has 2 amide bonds. The molecular weight excluding hydrogens is 314 g/mol. The highest BCUT2D eigenvalue weighted by Gasteiger charge is 2.22. The molecule has 0 bridgehead atoms. The molecule has 3 rings (SSSR count). The van der Waals surface area contributed by atoms with E-state index in [2.05, 4.69) is 15.4 Å². The van der Waals surface area contributed by atoms with Crippen molar-refractivity contribution in [1.29, 1.82) is 0 Å². The lowest BCUT2D eigenvalue weighted by atomic mass is 10.2. The number of hydrogen-bond acceptors (Lipinski definition) is 6. The van der Waals surface area contributed by atoms with E-state index in [9.17, 15) is 14.9 Å². The minimum atomic E-state index is -0.419. The Morgan fingerprint density at radius 1 is 1.25 bits per heavy atom. The Morgan fingerprint density at radius 3 is 2.46 bits per heavy atom. The van der Waals surface area contributed by atoms with E-state index in [-0.39, 0.29) is 11.7 Å². The topological polar surface area (TPSA) is 105 Å². The Morgan fingerprint density at radius 2 is 1.92 bits per heavy atom. The van der Waals surface area contributed by atoms with Gasteiger partial charge in [0.15, 0.2) is 5.82 Å². The van der Waals surface area contributed by atoms with E-state index in [4.69, 9.17) is 4.52 Å². The number of non-ortho nitro benzene ring substituents is 1. The predicted molar refractivity (Wildman–Crippen MR) is 87.1 cm³/mol. The van der Waals surface area contributed by atoms with Crippen molar-refractivity contribution >= 4 is 23.2 Å². The Bertz CT molecular complexity index is 735. The Balaban J connectivity index is 1.55. The highest BCUT2D eigenvalue weighted by atomic mass is 16.6. The number of nitro benzene ring substituents is 1. The number of benzene rings is 1. The normalized spacial score (nSPS) is 14.5. The molecule has 9 nitrogen and oxygen atoms in total. The zero-order valence-electron chi connectivity index (χ0n) is 13.1. The zero-order chi connectivity index (χ0) is 17.1. The highest BCUT2D eigenvalue weighted by Crippen LogP contribution is 2.21. The van der Waals surface area contributed by atoms with Crippen LogP contribution in [0.15, 0.2) is 34.9 Å². The van der Waals surface area contributed by atoms with Crippen molar-refractivity contribution in [1.82, 2.24) is 10.1 Å². The standard InChI is InChI=1S/C15H17N5O4/c1-11-10-14(17-24-11)16-15(21)19-8-6-18(7-9-19)12-2-4-13(5-3-12)20(22)23/h2-5,10H,6-9H2,1H3,(H,16,17,21). The third-order valence-corrected chi connectivity index (χ3v) is 3.86. The van der Waals surface area contributed by atoms with Crippen molar-refractivity contribution in [2.75, 3.05) is 36.4 Å². The van der Waals surface area contributed by atoms with Gasteiger partial charge in [0.2, 0.25) is 0 Å². The maximum absolute atomic E-state index is 12.2. The van der Waals surface area contributed by atoms with Gasteiger partial charge in [-0.3, -0.25) is 15.4 Å². The third-order valence-electron chi connectivity index (χ3n) is 3.86. The van der Waals surface area contributed by atoms with Gasteiger partial charge in [-0.05, 0) is 19.1 Å². The number of nitrogens with zero attached hydrogens (tertiary/aromatic N) is 4. The van der Waals surface area contributed by atoms with Crippen LogP contribution >= 0.6 is 0 Å². The monoisotopic (exact) mass is 331 g/mol. The molecule has 1 saturated heterocycles. The van der Waals surface area contributed by atoms with Crippen LogP contribution in [0.25, 0.3) is 0 Å². The second-order valence-electron chi connectivity index (χ2n) is 5.50. The number of aromatic nitrogens is 1. The van der Waals surface area contributed by atoms with E-state index in [0.717, 1.165) is 5.69 Å². The Kier molecular flexibility index (Phi) is 4.32. The van der Waals surface area contributed by atoms with Crippen LogP contribution in [-0.2, 0) is 0 Å². The SMILES string of the molecule is Cc1cc(NC(=O)N2CCN(c3ccc([N+](=O)[O-])cc3)CC2)no1. The zero-order valence-corrected chi connectivity index (χ0v) is 13.1. The fourth-order valence-electron chi connectivity index (χ4n) is 2.57. The molecule has 1 aliphatic heterocycles. The Labute approximate surface area is 138 Å². The number of piperazine rings is 1. The van der Waals surface area contributed by atoms with Crippen molar-refractivity contribution in [3.8, 4) is 0 Å². The van der Waals surface area contributed by atoms with Crippen LogP contribution in [0, 0.1) is 17.0 Å². The van der Waals surface area contributed by atoms with E-state index < -0.39 is 4.92 Å². The molecule has 1 aliphatic rings. The molecule has 24 heavy (non-hydrogen) atoms. The minimum Gasteiger partial charge on any atom is -0.368 e. The first kappa shape index (κ1) is 15.8. The first-order chi connectivity index (χ1) is 11.5. The summed E-state index contributed by atoms with van der Waals surface area (Å²) in [6, 6.07) is 7.87. The first-order valence-corrected chi connectivity index (χ1v) is 7.51. The number of urea groups is 1. The van der Waals surface area contributed by atoms with Crippen LogP contribution in [0.1, 0.15) is 5.76 Å². The molecular formula is C15H17N5O4.